The second-order valence-corrected chi connectivity index (χ2v) is 5.85. The minimum Gasteiger partial charge on any atom is -0.497 e. The lowest BCUT2D eigenvalue weighted by Gasteiger charge is -2.20. The van der Waals surface area contributed by atoms with Crippen LogP contribution in [-0.2, 0) is 0 Å². The van der Waals surface area contributed by atoms with Gasteiger partial charge >= 0.3 is 0 Å². The van der Waals surface area contributed by atoms with Crippen molar-refractivity contribution >= 4 is 16.8 Å². The Morgan fingerprint density at radius 1 is 1.41 bits per heavy atom. The Labute approximate surface area is 129 Å². The zero-order valence-electron chi connectivity index (χ0n) is 12.8. The van der Waals surface area contributed by atoms with Crippen LogP contribution in [-0.4, -0.2) is 47.7 Å². The van der Waals surface area contributed by atoms with E-state index < -0.39 is 6.10 Å². The fourth-order valence-electron chi connectivity index (χ4n) is 2.54. The van der Waals surface area contributed by atoms with E-state index in [9.17, 15) is 9.90 Å². The molecule has 5 heteroatoms. The van der Waals surface area contributed by atoms with Gasteiger partial charge in [-0.15, -0.1) is 0 Å². The Bertz CT molecular complexity index is 697. The molecule has 0 spiro atoms. The van der Waals surface area contributed by atoms with Gasteiger partial charge in [-0.1, -0.05) is 6.07 Å². The third-order valence-electron chi connectivity index (χ3n) is 4.09. The standard InChI is InChI=1S/C17H20N2O3/c1-19(10-16(20)11-3-4-11)17(21)15-7-5-12-9-13(22-2)6-8-14(12)18-15/h5-9,11,16,20H,3-4,10H2,1-2H3. The molecule has 0 bridgehead atoms. The molecule has 1 aromatic heterocycles. The van der Waals surface area contributed by atoms with Crippen LogP contribution >= 0.6 is 0 Å². The van der Waals surface area contributed by atoms with Crippen LogP contribution in [0.4, 0.5) is 0 Å². The van der Waals surface area contributed by atoms with Gasteiger partial charge in [0.1, 0.15) is 11.4 Å². The number of nitrogens with zero attached hydrogens (tertiary/aromatic N) is 2. The van der Waals surface area contributed by atoms with Crippen molar-refractivity contribution in [2.45, 2.75) is 18.9 Å². The summed E-state index contributed by atoms with van der Waals surface area (Å²) in [7, 11) is 3.32. The van der Waals surface area contributed by atoms with Crippen molar-refractivity contribution in [2.24, 2.45) is 5.92 Å². The first kappa shape index (κ1) is 14.8. The van der Waals surface area contributed by atoms with Gasteiger partial charge in [0.25, 0.3) is 5.91 Å². The monoisotopic (exact) mass is 300 g/mol. The Balaban J connectivity index is 1.78. The minimum absolute atomic E-state index is 0.169. The lowest BCUT2D eigenvalue weighted by molar-refractivity contribution is 0.0640. The van der Waals surface area contributed by atoms with Gasteiger partial charge in [0.05, 0.1) is 18.7 Å². The van der Waals surface area contributed by atoms with E-state index in [0.29, 0.717) is 18.2 Å². The molecule has 116 valence electrons. The quantitative estimate of drug-likeness (QED) is 0.918. The molecule has 1 fully saturated rings. The van der Waals surface area contributed by atoms with E-state index in [4.69, 9.17) is 4.74 Å². The summed E-state index contributed by atoms with van der Waals surface area (Å²) in [6.07, 6.45) is 1.68. The molecule has 0 radical (unpaired) electrons. The number of amides is 1. The van der Waals surface area contributed by atoms with Crippen LogP contribution in [0.15, 0.2) is 30.3 Å². The average Bonchev–Trinajstić information content (AvgIpc) is 3.37. The highest BCUT2D eigenvalue weighted by Gasteiger charge is 2.31. The minimum atomic E-state index is -0.432. The van der Waals surface area contributed by atoms with E-state index in [-0.39, 0.29) is 5.91 Å². The lowest BCUT2D eigenvalue weighted by atomic mass is 10.1. The van der Waals surface area contributed by atoms with Gasteiger partial charge in [-0.3, -0.25) is 4.79 Å². The number of aliphatic hydroxyl groups excluding tert-OH is 1. The van der Waals surface area contributed by atoms with Gasteiger partial charge in [-0.05, 0) is 43.0 Å². The average molecular weight is 300 g/mol. The van der Waals surface area contributed by atoms with E-state index in [0.717, 1.165) is 29.5 Å². The molecule has 5 nitrogen and oxygen atoms in total. The summed E-state index contributed by atoms with van der Waals surface area (Å²) in [5, 5.41) is 10.9. The van der Waals surface area contributed by atoms with E-state index in [1.54, 1.807) is 25.1 Å². The molecule has 3 rings (SSSR count). The van der Waals surface area contributed by atoms with Crippen molar-refractivity contribution < 1.29 is 14.6 Å². The fraction of sp³-hybridized carbons (Fsp3) is 0.412. The summed E-state index contributed by atoms with van der Waals surface area (Å²) in [5.74, 6) is 0.947. The smallest absolute Gasteiger partial charge is 0.272 e. The number of carbonyl (C=O) groups is 1. The van der Waals surface area contributed by atoms with Crippen molar-refractivity contribution in [1.29, 1.82) is 0 Å². The van der Waals surface area contributed by atoms with Gasteiger partial charge in [-0.25, -0.2) is 4.98 Å². The molecule has 1 heterocycles. The Kier molecular flexibility index (Phi) is 3.98. The van der Waals surface area contributed by atoms with E-state index >= 15 is 0 Å². The zero-order valence-corrected chi connectivity index (χ0v) is 12.8. The first-order chi connectivity index (χ1) is 10.6. The maximum Gasteiger partial charge on any atom is 0.272 e. The third-order valence-corrected chi connectivity index (χ3v) is 4.09. The first-order valence-electron chi connectivity index (χ1n) is 7.47. The molecular weight excluding hydrogens is 280 g/mol. The van der Waals surface area contributed by atoms with Gasteiger partial charge in [0, 0.05) is 19.0 Å². The number of fused-ring (bicyclic) bond motifs is 1. The summed E-state index contributed by atoms with van der Waals surface area (Å²) >= 11 is 0. The van der Waals surface area contributed by atoms with E-state index in [2.05, 4.69) is 4.98 Å². The highest BCUT2D eigenvalue weighted by molar-refractivity contribution is 5.95. The van der Waals surface area contributed by atoms with Crippen molar-refractivity contribution in [1.82, 2.24) is 9.88 Å². The third kappa shape index (κ3) is 3.04. The van der Waals surface area contributed by atoms with Crippen LogP contribution in [0.5, 0.6) is 5.75 Å². The summed E-state index contributed by atoms with van der Waals surface area (Å²) < 4.78 is 5.18. The molecule has 1 atom stereocenters. The topological polar surface area (TPSA) is 62.7 Å². The van der Waals surface area contributed by atoms with Crippen molar-refractivity contribution in [3.63, 3.8) is 0 Å². The van der Waals surface area contributed by atoms with Gasteiger partial charge < -0.3 is 14.7 Å². The number of benzene rings is 1. The van der Waals surface area contributed by atoms with Crippen LogP contribution in [0.2, 0.25) is 0 Å². The molecule has 1 aromatic carbocycles. The molecule has 1 unspecified atom stereocenters. The molecule has 1 aliphatic carbocycles. The van der Waals surface area contributed by atoms with Crippen molar-refractivity contribution in [3.05, 3.63) is 36.0 Å². The maximum atomic E-state index is 12.4. The summed E-state index contributed by atoms with van der Waals surface area (Å²) in [6.45, 7) is 0.353. The second-order valence-electron chi connectivity index (χ2n) is 5.85. The molecule has 1 N–H and O–H groups in total. The van der Waals surface area contributed by atoms with Crippen LogP contribution < -0.4 is 4.74 Å². The van der Waals surface area contributed by atoms with Crippen molar-refractivity contribution in [3.8, 4) is 5.75 Å². The Morgan fingerprint density at radius 2 is 2.18 bits per heavy atom. The molecule has 1 saturated carbocycles. The van der Waals surface area contributed by atoms with E-state index in [1.165, 1.54) is 0 Å². The summed E-state index contributed by atoms with van der Waals surface area (Å²) in [5.41, 5.74) is 1.14. The van der Waals surface area contributed by atoms with Gasteiger partial charge in [0.15, 0.2) is 0 Å². The number of hydrogen-bond acceptors (Lipinski definition) is 4. The number of likely N-dealkylation sites (N-methyl/N-ethyl adjacent to an activating group) is 1. The largest absolute Gasteiger partial charge is 0.497 e. The molecule has 1 amide bonds. The maximum absolute atomic E-state index is 12.4. The molecule has 0 saturated heterocycles. The highest BCUT2D eigenvalue weighted by Crippen LogP contribution is 2.32. The van der Waals surface area contributed by atoms with Crippen LogP contribution in [0.1, 0.15) is 23.3 Å². The number of methoxy groups -OCH3 is 1. The molecular formula is C17H20N2O3. The van der Waals surface area contributed by atoms with Gasteiger partial charge in [-0.2, -0.15) is 0 Å². The highest BCUT2D eigenvalue weighted by atomic mass is 16.5. The number of ether oxygens (including phenoxy) is 1. The Morgan fingerprint density at radius 3 is 2.86 bits per heavy atom. The zero-order chi connectivity index (χ0) is 15.7. The van der Waals surface area contributed by atoms with Crippen LogP contribution in [0, 0.1) is 5.92 Å². The number of pyridine rings is 1. The predicted octanol–water partition coefficient (Wildman–Crippen LogP) is 2.09. The molecule has 0 aliphatic heterocycles. The molecule has 22 heavy (non-hydrogen) atoms. The number of hydrogen-bond donors (Lipinski definition) is 1. The Hall–Kier alpha value is -2.14. The van der Waals surface area contributed by atoms with Crippen molar-refractivity contribution in [2.75, 3.05) is 20.7 Å². The van der Waals surface area contributed by atoms with Gasteiger partial charge in [0.2, 0.25) is 0 Å². The first-order valence-corrected chi connectivity index (χ1v) is 7.47. The van der Waals surface area contributed by atoms with Crippen LogP contribution in [0.25, 0.3) is 10.9 Å². The second kappa shape index (κ2) is 5.93. The summed E-state index contributed by atoms with van der Waals surface area (Å²) in [6, 6.07) is 9.12. The van der Waals surface area contributed by atoms with E-state index in [1.807, 2.05) is 24.3 Å². The molecule has 1 aliphatic rings. The number of carbonyl (C=O) groups excluding carboxylic acids is 1. The summed E-state index contributed by atoms with van der Waals surface area (Å²) in [4.78, 5) is 18.4. The molecule has 2 aromatic rings. The lowest BCUT2D eigenvalue weighted by Crippen LogP contribution is -2.35. The van der Waals surface area contributed by atoms with Crippen LogP contribution in [0.3, 0.4) is 0 Å². The number of aliphatic hydroxyl groups is 1. The normalized spacial score (nSPS) is 15.6. The number of aromatic nitrogens is 1. The fourth-order valence-corrected chi connectivity index (χ4v) is 2.54. The number of rotatable bonds is 5. The predicted molar refractivity (Wildman–Crippen MR) is 84.0 cm³/mol. The SMILES string of the molecule is COc1ccc2nc(C(=O)N(C)CC(O)C3CC3)ccc2c1.